The summed E-state index contributed by atoms with van der Waals surface area (Å²) in [7, 11) is 3.87. The molecule has 1 aromatic rings. The van der Waals surface area contributed by atoms with Crippen molar-refractivity contribution in [3.63, 3.8) is 0 Å². The molecule has 0 N–H and O–H groups in total. The lowest BCUT2D eigenvalue weighted by Gasteiger charge is -2.19. The first kappa shape index (κ1) is 12.3. The summed E-state index contributed by atoms with van der Waals surface area (Å²) in [6.07, 6.45) is 0. The van der Waals surface area contributed by atoms with Crippen LogP contribution in [-0.2, 0) is 4.79 Å². The maximum absolute atomic E-state index is 11.9. The zero-order valence-corrected chi connectivity index (χ0v) is 11.3. The molecule has 0 aliphatic carbocycles. The molecule has 5 heteroatoms. The number of carbonyl (C=O) groups excluding carboxylic acids is 2. The molecule has 0 spiro atoms. The third-order valence-corrected chi connectivity index (χ3v) is 3.38. The van der Waals surface area contributed by atoms with Gasteiger partial charge >= 0.3 is 0 Å². The molecule has 90 valence electrons. The molecule has 0 aromatic heterocycles. The van der Waals surface area contributed by atoms with Gasteiger partial charge in [0.25, 0.3) is 11.7 Å². The Bertz CT molecular complexity index is 485. The van der Waals surface area contributed by atoms with Gasteiger partial charge in [0.15, 0.2) is 0 Å². The van der Waals surface area contributed by atoms with E-state index in [4.69, 9.17) is 0 Å². The first-order chi connectivity index (χ1) is 8.02. The third-order valence-electron chi connectivity index (χ3n) is 2.72. The van der Waals surface area contributed by atoms with Gasteiger partial charge in [-0.2, -0.15) is 0 Å². The molecule has 1 amide bonds. The number of Topliss-reactive ketones (excluding diaryl/α,β-unsaturated/α-hetero) is 1. The van der Waals surface area contributed by atoms with Crippen LogP contribution in [0.5, 0.6) is 0 Å². The van der Waals surface area contributed by atoms with E-state index in [1.807, 2.05) is 25.1 Å². The number of amides is 1. The van der Waals surface area contributed by atoms with Crippen molar-refractivity contribution >= 4 is 33.3 Å². The van der Waals surface area contributed by atoms with Crippen molar-refractivity contribution in [2.45, 2.75) is 0 Å². The molecule has 4 nitrogen and oxygen atoms in total. The fraction of sp³-hybridized carbons (Fsp3) is 0.333. The van der Waals surface area contributed by atoms with Crippen LogP contribution in [0, 0.1) is 0 Å². The van der Waals surface area contributed by atoms with Crippen LogP contribution in [0.3, 0.4) is 0 Å². The van der Waals surface area contributed by atoms with Gasteiger partial charge in [-0.15, -0.1) is 0 Å². The second-order valence-electron chi connectivity index (χ2n) is 4.22. The van der Waals surface area contributed by atoms with E-state index in [-0.39, 0.29) is 0 Å². The maximum Gasteiger partial charge on any atom is 0.299 e. The Hall–Kier alpha value is -1.20. The molecule has 0 atom stereocenters. The van der Waals surface area contributed by atoms with Gasteiger partial charge in [-0.3, -0.25) is 9.59 Å². The Morgan fingerprint density at radius 1 is 1.29 bits per heavy atom. The van der Waals surface area contributed by atoms with Gasteiger partial charge in [0, 0.05) is 17.6 Å². The molecule has 1 aliphatic rings. The number of likely N-dealkylation sites (N-methyl/N-ethyl adjacent to an activating group) is 1. The minimum atomic E-state index is -0.436. The van der Waals surface area contributed by atoms with Crippen molar-refractivity contribution in [2.75, 3.05) is 32.1 Å². The summed E-state index contributed by atoms with van der Waals surface area (Å²) in [5.74, 6) is -0.861. The van der Waals surface area contributed by atoms with Gasteiger partial charge in [-0.05, 0) is 42.2 Å². The summed E-state index contributed by atoms with van der Waals surface area (Å²) >= 11 is 3.31. The van der Waals surface area contributed by atoms with E-state index in [0.717, 1.165) is 6.54 Å². The summed E-state index contributed by atoms with van der Waals surface area (Å²) < 4.78 is 0.681. The summed E-state index contributed by atoms with van der Waals surface area (Å²) in [6, 6.07) is 5.41. The van der Waals surface area contributed by atoms with Crippen LogP contribution in [0.1, 0.15) is 10.4 Å². The predicted molar refractivity (Wildman–Crippen MR) is 69.4 cm³/mol. The number of nitrogens with zero attached hydrogens (tertiary/aromatic N) is 2. The molecule has 0 unspecified atom stereocenters. The molecular weight excluding hydrogens is 284 g/mol. The monoisotopic (exact) mass is 296 g/mol. The summed E-state index contributed by atoms with van der Waals surface area (Å²) in [4.78, 5) is 27.2. The lowest BCUT2D eigenvalue weighted by molar-refractivity contribution is -0.114. The minimum absolute atomic E-state index is 0.425. The van der Waals surface area contributed by atoms with Gasteiger partial charge in [0.1, 0.15) is 0 Å². The molecule has 1 aromatic carbocycles. The van der Waals surface area contributed by atoms with Crippen LogP contribution in [0.4, 0.5) is 5.69 Å². The van der Waals surface area contributed by atoms with Crippen LogP contribution in [0.25, 0.3) is 0 Å². The first-order valence-electron chi connectivity index (χ1n) is 5.32. The number of hydrogen-bond acceptors (Lipinski definition) is 3. The van der Waals surface area contributed by atoms with Crippen LogP contribution < -0.4 is 4.90 Å². The minimum Gasteiger partial charge on any atom is -0.308 e. The van der Waals surface area contributed by atoms with Crippen molar-refractivity contribution in [2.24, 2.45) is 0 Å². The zero-order chi connectivity index (χ0) is 12.6. The Kier molecular flexibility index (Phi) is 3.31. The lowest BCUT2D eigenvalue weighted by atomic mass is 10.1. The number of halogens is 1. The maximum atomic E-state index is 11.9. The summed E-state index contributed by atoms with van der Waals surface area (Å²) in [5, 5.41) is 0. The van der Waals surface area contributed by atoms with Crippen LogP contribution in [-0.4, -0.2) is 43.8 Å². The molecule has 0 saturated carbocycles. The second-order valence-corrected chi connectivity index (χ2v) is 5.08. The summed E-state index contributed by atoms with van der Waals surface area (Å²) in [5.41, 5.74) is 1.19. The Morgan fingerprint density at radius 3 is 2.65 bits per heavy atom. The topological polar surface area (TPSA) is 40.6 Å². The van der Waals surface area contributed by atoms with Crippen molar-refractivity contribution in [3.8, 4) is 0 Å². The highest BCUT2D eigenvalue weighted by molar-refractivity contribution is 9.10. The molecule has 1 aliphatic heterocycles. The SMILES string of the molecule is CN(C)CCN1C(=O)C(=O)c2c(Br)cccc21. The van der Waals surface area contributed by atoms with E-state index in [1.54, 1.807) is 17.0 Å². The highest BCUT2D eigenvalue weighted by Gasteiger charge is 2.36. The molecule has 0 bridgehead atoms. The fourth-order valence-electron chi connectivity index (χ4n) is 1.82. The van der Waals surface area contributed by atoms with Crippen molar-refractivity contribution < 1.29 is 9.59 Å². The normalized spacial score (nSPS) is 14.7. The molecule has 17 heavy (non-hydrogen) atoms. The number of ketones is 1. The summed E-state index contributed by atoms with van der Waals surface area (Å²) in [6.45, 7) is 1.26. The molecule has 2 rings (SSSR count). The quantitative estimate of drug-likeness (QED) is 0.795. The zero-order valence-electron chi connectivity index (χ0n) is 9.74. The highest BCUT2D eigenvalue weighted by Crippen LogP contribution is 2.33. The van der Waals surface area contributed by atoms with Crippen molar-refractivity contribution in [1.29, 1.82) is 0 Å². The Labute approximate surface area is 108 Å². The standard InChI is InChI=1S/C12H13BrN2O2/c1-14(2)6-7-15-9-5-3-4-8(13)10(9)11(16)12(15)17/h3-5H,6-7H2,1-2H3. The van der Waals surface area contributed by atoms with E-state index in [2.05, 4.69) is 15.9 Å². The molecule has 0 radical (unpaired) electrons. The Balaban J connectivity index is 2.35. The van der Waals surface area contributed by atoms with E-state index in [9.17, 15) is 9.59 Å². The second kappa shape index (κ2) is 4.58. The number of fused-ring (bicyclic) bond motifs is 1. The van der Waals surface area contributed by atoms with Crippen LogP contribution in [0.2, 0.25) is 0 Å². The average molecular weight is 297 g/mol. The molecule has 0 saturated heterocycles. The van der Waals surface area contributed by atoms with Crippen molar-refractivity contribution in [1.82, 2.24) is 4.90 Å². The van der Waals surface area contributed by atoms with Crippen LogP contribution in [0.15, 0.2) is 22.7 Å². The molecular formula is C12H13BrN2O2. The number of hydrogen-bond donors (Lipinski definition) is 0. The van der Waals surface area contributed by atoms with Gasteiger partial charge in [0.05, 0.1) is 11.3 Å². The van der Waals surface area contributed by atoms with Crippen molar-refractivity contribution in [3.05, 3.63) is 28.2 Å². The van der Waals surface area contributed by atoms with E-state index >= 15 is 0 Å². The largest absolute Gasteiger partial charge is 0.308 e. The molecule has 0 fully saturated rings. The number of anilines is 1. The molecule has 1 heterocycles. The fourth-order valence-corrected chi connectivity index (χ4v) is 2.36. The van der Waals surface area contributed by atoms with Gasteiger partial charge in [-0.1, -0.05) is 6.07 Å². The van der Waals surface area contributed by atoms with E-state index in [1.165, 1.54) is 0 Å². The third kappa shape index (κ3) is 2.12. The Morgan fingerprint density at radius 2 is 2.00 bits per heavy atom. The number of benzene rings is 1. The van der Waals surface area contributed by atoms with E-state index in [0.29, 0.717) is 22.3 Å². The predicted octanol–water partition coefficient (Wildman–Crippen LogP) is 1.54. The number of carbonyl (C=O) groups is 2. The van der Waals surface area contributed by atoms with Crippen LogP contribution >= 0.6 is 15.9 Å². The van der Waals surface area contributed by atoms with E-state index < -0.39 is 11.7 Å². The smallest absolute Gasteiger partial charge is 0.299 e. The van der Waals surface area contributed by atoms with Gasteiger partial charge in [-0.25, -0.2) is 0 Å². The number of rotatable bonds is 3. The van der Waals surface area contributed by atoms with Gasteiger partial charge in [0.2, 0.25) is 0 Å². The lowest BCUT2D eigenvalue weighted by Crippen LogP contribution is -2.35. The first-order valence-corrected chi connectivity index (χ1v) is 6.11. The average Bonchev–Trinajstić information content (AvgIpc) is 2.51. The highest BCUT2D eigenvalue weighted by atomic mass is 79.9. The van der Waals surface area contributed by atoms with Gasteiger partial charge < -0.3 is 9.80 Å².